The lowest BCUT2D eigenvalue weighted by atomic mass is 10.1. The second kappa shape index (κ2) is 7.31. The first-order chi connectivity index (χ1) is 9.81. The fourth-order valence-electron chi connectivity index (χ4n) is 1.83. The molecule has 0 aliphatic rings. The maximum absolute atomic E-state index is 12.3. The Morgan fingerprint density at radius 2 is 1.95 bits per heavy atom. The van der Waals surface area contributed by atoms with Gasteiger partial charge in [0.05, 0.1) is 24.6 Å². The van der Waals surface area contributed by atoms with Gasteiger partial charge in [0.1, 0.15) is 0 Å². The summed E-state index contributed by atoms with van der Waals surface area (Å²) in [6.07, 6.45) is 0. The molecule has 0 spiro atoms. The van der Waals surface area contributed by atoms with Crippen LogP contribution in [0.5, 0.6) is 11.5 Å². The van der Waals surface area contributed by atoms with Crippen LogP contribution in [0.3, 0.4) is 0 Å². The van der Waals surface area contributed by atoms with Gasteiger partial charge in [0.15, 0.2) is 11.5 Å². The van der Waals surface area contributed by atoms with Crippen molar-refractivity contribution < 1.29 is 24.2 Å². The number of hydrogen-bond donors (Lipinski definition) is 1. The normalized spacial score (nSPS) is 11.7. The van der Waals surface area contributed by atoms with Gasteiger partial charge < -0.3 is 19.5 Å². The molecule has 1 aromatic rings. The van der Waals surface area contributed by atoms with Gasteiger partial charge in [0, 0.05) is 19.2 Å². The number of hydrogen-bond acceptors (Lipinski definition) is 4. The summed E-state index contributed by atoms with van der Waals surface area (Å²) in [5.41, 5.74) is 0.389. The summed E-state index contributed by atoms with van der Waals surface area (Å²) >= 11 is 3.32. The third-order valence-electron chi connectivity index (χ3n) is 3.00. The second-order valence-corrected chi connectivity index (χ2v) is 5.47. The van der Waals surface area contributed by atoms with Crippen molar-refractivity contribution in [2.24, 2.45) is 5.92 Å². The van der Waals surface area contributed by atoms with Crippen LogP contribution < -0.4 is 9.47 Å². The zero-order valence-corrected chi connectivity index (χ0v) is 13.9. The summed E-state index contributed by atoms with van der Waals surface area (Å²) < 4.78 is 11.0. The number of benzene rings is 1. The molecular weight excluding hydrogens is 342 g/mol. The van der Waals surface area contributed by atoms with Crippen LogP contribution in [-0.2, 0) is 4.79 Å². The highest BCUT2D eigenvalue weighted by molar-refractivity contribution is 9.10. The number of carbonyl (C=O) groups excluding carboxylic acids is 1. The average Bonchev–Trinajstić information content (AvgIpc) is 2.44. The maximum Gasteiger partial charge on any atom is 0.308 e. The van der Waals surface area contributed by atoms with Gasteiger partial charge >= 0.3 is 5.97 Å². The molecule has 1 N–H and O–H groups in total. The van der Waals surface area contributed by atoms with E-state index in [-0.39, 0.29) is 12.5 Å². The Hall–Kier alpha value is -1.76. The fraction of sp³-hybridized carbons (Fsp3) is 0.429. The molecule has 116 valence electrons. The molecule has 0 aromatic heterocycles. The second-order valence-electron chi connectivity index (χ2n) is 4.62. The van der Waals surface area contributed by atoms with Crippen molar-refractivity contribution in [1.82, 2.24) is 4.90 Å². The highest BCUT2D eigenvalue weighted by Crippen LogP contribution is 2.36. The van der Waals surface area contributed by atoms with Crippen LogP contribution in [0.25, 0.3) is 0 Å². The van der Waals surface area contributed by atoms with E-state index in [1.807, 2.05) is 0 Å². The lowest BCUT2D eigenvalue weighted by molar-refractivity contribution is -0.141. The monoisotopic (exact) mass is 359 g/mol. The first-order valence-corrected chi connectivity index (χ1v) is 7.00. The van der Waals surface area contributed by atoms with Crippen LogP contribution in [0, 0.1) is 5.92 Å². The third kappa shape index (κ3) is 4.10. The number of methoxy groups -OCH3 is 2. The Labute approximate surface area is 131 Å². The van der Waals surface area contributed by atoms with Gasteiger partial charge in [-0.15, -0.1) is 0 Å². The van der Waals surface area contributed by atoms with Gasteiger partial charge in [-0.2, -0.15) is 0 Å². The van der Waals surface area contributed by atoms with Crippen molar-refractivity contribution >= 4 is 27.8 Å². The van der Waals surface area contributed by atoms with E-state index in [2.05, 4.69) is 15.9 Å². The van der Waals surface area contributed by atoms with Crippen LogP contribution in [-0.4, -0.2) is 49.7 Å². The number of halogens is 1. The Morgan fingerprint density at radius 1 is 1.33 bits per heavy atom. The molecule has 6 nitrogen and oxygen atoms in total. The van der Waals surface area contributed by atoms with Crippen molar-refractivity contribution in [2.45, 2.75) is 6.92 Å². The summed E-state index contributed by atoms with van der Waals surface area (Å²) in [7, 11) is 4.55. The van der Waals surface area contributed by atoms with Gasteiger partial charge in [-0.25, -0.2) is 0 Å². The first-order valence-electron chi connectivity index (χ1n) is 6.21. The number of carboxylic acid groups (broad SMARTS) is 1. The summed E-state index contributed by atoms with van der Waals surface area (Å²) in [6.45, 7) is 1.68. The Bertz CT molecular complexity index is 546. The minimum atomic E-state index is -0.942. The van der Waals surface area contributed by atoms with Crippen LogP contribution in [0.4, 0.5) is 0 Å². The highest BCUT2D eigenvalue weighted by atomic mass is 79.9. The van der Waals surface area contributed by atoms with Crippen LogP contribution in [0.1, 0.15) is 17.3 Å². The van der Waals surface area contributed by atoms with E-state index in [1.165, 1.54) is 19.1 Å². The number of aliphatic carboxylic acids is 1. The molecule has 0 bridgehead atoms. The lowest BCUT2D eigenvalue weighted by Gasteiger charge is -2.20. The molecule has 1 aromatic carbocycles. The molecule has 0 fully saturated rings. The lowest BCUT2D eigenvalue weighted by Crippen LogP contribution is -2.33. The van der Waals surface area contributed by atoms with Gasteiger partial charge in [0.2, 0.25) is 0 Å². The van der Waals surface area contributed by atoms with E-state index in [9.17, 15) is 9.59 Å². The standard InChI is InChI=1S/C14H18BrNO5/c1-8(14(18)19)7-16(2)13(17)9-5-10(15)12(21-4)11(6-9)20-3/h5-6,8H,7H2,1-4H3,(H,18,19). The third-order valence-corrected chi connectivity index (χ3v) is 3.59. The quantitative estimate of drug-likeness (QED) is 0.842. The van der Waals surface area contributed by atoms with Crippen LogP contribution in [0.2, 0.25) is 0 Å². The molecule has 21 heavy (non-hydrogen) atoms. The van der Waals surface area contributed by atoms with Crippen molar-refractivity contribution in [3.63, 3.8) is 0 Å². The Kier molecular flexibility index (Phi) is 6.02. The van der Waals surface area contributed by atoms with E-state index in [4.69, 9.17) is 14.6 Å². The highest BCUT2D eigenvalue weighted by Gasteiger charge is 2.21. The number of amides is 1. The molecular formula is C14H18BrNO5. The molecule has 0 saturated carbocycles. The predicted molar refractivity (Wildman–Crippen MR) is 81.0 cm³/mol. The van der Waals surface area contributed by atoms with E-state index < -0.39 is 11.9 Å². The largest absolute Gasteiger partial charge is 0.493 e. The molecule has 1 unspecified atom stereocenters. The first kappa shape index (κ1) is 17.3. The van der Waals surface area contributed by atoms with E-state index in [0.717, 1.165) is 0 Å². The molecule has 0 saturated heterocycles. The molecule has 1 atom stereocenters. The topological polar surface area (TPSA) is 76.1 Å². The van der Waals surface area contributed by atoms with E-state index >= 15 is 0 Å². The number of carboxylic acids is 1. The Balaban J connectivity index is 3.02. The number of ether oxygens (including phenoxy) is 2. The number of nitrogens with zero attached hydrogens (tertiary/aromatic N) is 1. The zero-order chi connectivity index (χ0) is 16.2. The smallest absolute Gasteiger partial charge is 0.308 e. The number of rotatable bonds is 6. The fourth-order valence-corrected chi connectivity index (χ4v) is 2.44. The van der Waals surface area contributed by atoms with Crippen molar-refractivity contribution in [1.29, 1.82) is 0 Å². The van der Waals surface area contributed by atoms with Crippen molar-refractivity contribution in [3.8, 4) is 11.5 Å². The molecule has 0 heterocycles. The molecule has 0 radical (unpaired) electrons. The minimum Gasteiger partial charge on any atom is -0.493 e. The number of carbonyl (C=O) groups is 2. The van der Waals surface area contributed by atoms with E-state index in [1.54, 1.807) is 26.1 Å². The van der Waals surface area contributed by atoms with Gasteiger partial charge in [-0.3, -0.25) is 9.59 Å². The summed E-state index contributed by atoms with van der Waals surface area (Å²) in [4.78, 5) is 24.6. The van der Waals surface area contributed by atoms with Crippen molar-refractivity contribution in [2.75, 3.05) is 27.8 Å². The SMILES string of the molecule is COc1cc(C(=O)N(C)CC(C)C(=O)O)cc(Br)c1OC. The minimum absolute atomic E-state index is 0.125. The molecule has 0 aliphatic heterocycles. The molecule has 0 aliphatic carbocycles. The van der Waals surface area contributed by atoms with Crippen LogP contribution in [0.15, 0.2) is 16.6 Å². The summed E-state index contributed by atoms with van der Waals surface area (Å²) in [6, 6.07) is 3.18. The zero-order valence-electron chi connectivity index (χ0n) is 12.3. The summed E-state index contributed by atoms with van der Waals surface area (Å²) in [5, 5.41) is 8.90. The Morgan fingerprint density at radius 3 is 2.43 bits per heavy atom. The predicted octanol–water partition coefficient (Wildman–Crippen LogP) is 2.26. The van der Waals surface area contributed by atoms with Gasteiger partial charge in [-0.1, -0.05) is 6.92 Å². The van der Waals surface area contributed by atoms with E-state index in [0.29, 0.717) is 21.5 Å². The maximum atomic E-state index is 12.3. The van der Waals surface area contributed by atoms with Crippen LogP contribution >= 0.6 is 15.9 Å². The molecule has 1 amide bonds. The molecule has 7 heteroatoms. The van der Waals surface area contributed by atoms with Gasteiger partial charge in [-0.05, 0) is 28.1 Å². The van der Waals surface area contributed by atoms with Gasteiger partial charge in [0.25, 0.3) is 5.91 Å². The van der Waals surface area contributed by atoms with Crippen molar-refractivity contribution in [3.05, 3.63) is 22.2 Å². The average molecular weight is 360 g/mol. The summed E-state index contributed by atoms with van der Waals surface area (Å²) in [5.74, 6) is -0.944. The molecule has 1 rings (SSSR count).